The maximum atomic E-state index is 12.3. The van der Waals surface area contributed by atoms with E-state index in [0.29, 0.717) is 6.04 Å². The summed E-state index contributed by atoms with van der Waals surface area (Å²) in [5, 5.41) is 3.39. The van der Waals surface area contributed by atoms with E-state index >= 15 is 0 Å². The van der Waals surface area contributed by atoms with Gasteiger partial charge < -0.3 is 14.9 Å². The predicted octanol–water partition coefficient (Wildman–Crippen LogP) is 0.326. The summed E-state index contributed by atoms with van der Waals surface area (Å²) in [6, 6.07) is 7.43. The summed E-state index contributed by atoms with van der Waals surface area (Å²) in [4.78, 5) is 6.48. The lowest BCUT2D eigenvalue weighted by atomic mass is 10.2. The lowest BCUT2D eigenvalue weighted by Crippen LogP contribution is -2.49. The Morgan fingerprint density at radius 1 is 1.36 bits per heavy atom. The highest BCUT2D eigenvalue weighted by atomic mass is 32.2. The van der Waals surface area contributed by atoms with Crippen LogP contribution in [-0.4, -0.2) is 45.9 Å². The smallest absolute Gasteiger partial charge is 0.243 e. The predicted molar refractivity (Wildman–Crippen MR) is 89.4 cm³/mol. The molecule has 3 N–H and O–H groups in total. The minimum absolute atomic E-state index is 0.252. The van der Waals surface area contributed by atoms with Crippen LogP contribution >= 0.6 is 11.9 Å². The fourth-order valence-corrected chi connectivity index (χ4v) is 4.38. The molecule has 0 saturated carbocycles. The lowest BCUT2D eigenvalue weighted by Gasteiger charge is -2.33. The van der Waals surface area contributed by atoms with E-state index in [4.69, 9.17) is 0 Å². The second-order valence-corrected chi connectivity index (χ2v) is 7.91. The molecular formula is C13H19N5O2S2. The quantitative estimate of drug-likeness (QED) is 0.684. The molecule has 2 heterocycles. The van der Waals surface area contributed by atoms with Gasteiger partial charge in [0.1, 0.15) is 0 Å². The number of rotatable bonds is 4. The third-order valence-corrected chi connectivity index (χ3v) is 5.86. The average Bonchev–Trinajstić information content (AvgIpc) is 2.99. The van der Waals surface area contributed by atoms with E-state index < -0.39 is 15.5 Å². The number of aliphatic imine (C=N–C) groups is 1. The van der Waals surface area contributed by atoms with E-state index in [1.165, 1.54) is 18.3 Å². The molecular weight excluding hydrogens is 322 g/mol. The van der Waals surface area contributed by atoms with Gasteiger partial charge in [-0.3, -0.25) is 0 Å². The molecule has 2 aliphatic rings. The van der Waals surface area contributed by atoms with E-state index in [0.717, 1.165) is 25.3 Å². The van der Waals surface area contributed by atoms with Crippen molar-refractivity contribution in [2.45, 2.75) is 23.4 Å². The molecule has 0 aromatic heterocycles. The van der Waals surface area contributed by atoms with Crippen molar-refractivity contribution in [3.05, 3.63) is 24.3 Å². The Hall–Kier alpha value is -1.29. The third kappa shape index (κ3) is 3.54. The van der Waals surface area contributed by atoms with Crippen LogP contribution in [0.4, 0.5) is 5.69 Å². The van der Waals surface area contributed by atoms with Gasteiger partial charge >= 0.3 is 0 Å². The number of benzene rings is 1. The van der Waals surface area contributed by atoms with Gasteiger partial charge in [0.2, 0.25) is 10.0 Å². The van der Waals surface area contributed by atoms with E-state index in [-0.39, 0.29) is 4.90 Å². The summed E-state index contributed by atoms with van der Waals surface area (Å²) in [6.45, 7) is 4.92. The van der Waals surface area contributed by atoms with Crippen molar-refractivity contribution in [1.29, 1.82) is 0 Å². The summed E-state index contributed by atoms with van der Waals surface area (Å²) >= 11 is 1.21. The summed E-state index contributed by atoms with van der Waals surface area (Å²) in [5.41, 5.74) is 0.529. The number of sulfonamides is 1. The van der Waals surface area contributed by atoms with Crippen LogP contribution in [-0.2, 0) is 10.0 Å². The van der Waals surface area contributed by atoms with Crippen molar-refractivity contribution < 1.29 is 8.42 Å². The SMILES string of the molecule is CC1CN(c2ccc(S(=O)(=O)NC3N=CNS3)cc2)CCN1. The minimum atomic E-state index is -3.56. The molecule has 120 valence electrons. The van der Waals surface area contributed by atoms with Gasteiger partial charge in [0.25, 0.3) is 0 Å². The lowest BCUT2D eigenvalue weighted by molar-refractivity contribution is 0.485. The first-order valence-corrected chi connectivity index (χ1v) is 9.44. The van der Waals surface area contributed by atoms with Crippen LogP contribution in [0, 0.1) is 0 Å². The van der Waals surface area contributed by atoms with Crippen molar-refractivity contribution in [3.63, 3.8) is 0 Å². The molecule has 0 bridgehead atoms. The maximum absolute atomic E-state index is 12.3. The summed E-state index contributed by atoms with van der Waals surface area (Å²) in [7, 11) is -3.56. The van der Waals surface area contributed by atoms with E-state index in [1.54, 1.807) is 12.1 Å². The second-order valence-electron chi connectivity index (χ2n) is 5.28. The zero-order valence-electron chi connectivity index (χ0n) is 12.2. The van der Waals surface area contributed by atoms with Crippen molar-refractivity contribution in [1.82, 2.24) is 14.8 Å². The third-order valence-electron chi connectivity index (χ3n) is 3.58. The Bertz CT molecular complexity index is 647. The van der Waals surface area contributed by atoms with Crippen LogP contribution in [0.2, 0.25) is 0 Å². The largest absolute Gasteiger partial charge is 0.369 e. The van der Waals surface area contributed by atoms with E-state index in [2.05, 4.69) is 31.6 Å². The number of hydrogen-bond acceptors (Lipinski definition) is 7. The maximum Gasteiger partial charge on any atom is 0.243 e. The van der Waals surface area contributed by atoms with Crippen molar-refractivity contribution in [3.8, 4) is 0 Å². The Morgan fingerprint density at radius 2 is 2.14 bits per heavy atom. The molecule has 1 fully saturated rings. The zero-order chi connectivity index (χ0) is 15.6. The van der Waals surface area contributed by atoms with Crippen molar-refractivity contribution in [2.24, 2.45) is 4.99 Å². The molecule has 22 heavy (non-hydrogen) atoms. The van der Waals surface area contributed by atoms with Gasteiger partial charge in [-0.15, -0.1) is 0 Å². The molecule has 7 nitrogen and oxygen atoms in total. The van der Waals surface area contributed by atoms with Crippen LogP contribution in [0.1, 0.15) is 6.92 Å². The van der Waals surface area contributed by atoms with Gasteiger partial charge in [-0.25, -0.2) is 13.4 Å². The van der Waals surface area contributed by atoms with E-state index in [9.17, 15) is 8.42 Å². The second kappa shape index (κ2) is 6.45. The van der Waals surface area contributed by atoms with Gasteiger partial charge in [0.15, 0.2) is 5.50 Å². The Labute approximate surface area is 134 Å². The molecule has 2 unspecified atom stereocenters. The highest BCUT2D eigenvalue weighted by Crippen LogP contribution is 2.20. The van der Waals surface area contributed by atoms with Gasteiger partial charge in [0, 0.05) is 31.4 Å². The number of hydrogen-bond donors (Lipinski definition) is 3. The Balaban J connectivity index is 1.71. The van der Waals surface area contributed by atoms with Gasteiger partial charge in [-0.05, 0) is 43.1 Å². The van der Waals surface area contributed by atoms with E-state index in [1.807, 2.05) is 12.1 Å². The molecule has 1 saturated heterocycles. The topological polar surface area (TPSA) is 85.8 Å². The van der Waals surface area contributed by atoms with Gasteiger partial charge in [0.05, 0.1) is 11.2 Å². The van der Waals surface area contributed by atoms with Gasteiger partial charge in [-0.1, -0.05) is 0 Å². The van der Waals surface area contributed by atoms with Crippen molar-refractivity contribution in [2.75, 3.05) is 24.5 Å². The minimum Gasteiger partial charge on any atom is -0.369 e. The standard InChI is InChI=1S/C13H19N5O2S2/c1-10-8-18(7-6-14-10)11-2-4-12(5-3-11)22(19,20)17-13-15-9-16-21-13/h2-5,9-10,13-14,17H,6-8H2,1H3,(H,15,16). The molecule has 1 aromatic rings. The molecule has 0 aliphatic carbocycles. The van der Waals surface area contributed by atoms with Crippen LogP contribution in [0.25, 0.3) is 0 Å². The molecule has 0 spiro atoms. The first-order chi connectivity index (χ1) is 10.5. The van der Waals surface area contributed by atoms with Crippen LogP contribution in [0.15, 0.2) is 34.2 Å². The molecule has 9 heteroatoms. The molecule has 1 aromatic carbocycles. The first kappa shape index (κ1) is 15.6. The monoisotopic (exact) mass is 341 g/mol. The highest BCUT2D eigenvalue weighted by molar-refractivity contribution is 7.99. The summed E-state index contributed by atoms with van der Waals surface area (Å²) in [5.74, 6) is 0. The van der Waals surface area contributed by atoms with Crippen LogP contribution in [0.5, 0.6) is 0 Å². The molecule has 0 amide bonds. The molecule has 2 atom stereocenters. The summed E-state index contributed by atoms with van der Waals surface area (Å²) < 4.78 is 29.9. The molecule has 0 radical (unpaired) electrons. The normalized spacial score (nSPS) is 25.2. The number of nitrogens with one attached hydrogen (secondary N) is 3. The first-order valence-electron chi connectivity index (χ1n) is 7.08. The van der Waals surface area contributed by atoms with Crippen LogP contribution in [0.3, 0.4) is 0 Å². The summed E-state index contributed by atoms with van der Waals surface area (Å²) in [6.07, 6.45) is 1.48. The highest BCUT2D eigenvalue weighted by Gasteiger charge is 2.22. The van der Waals surface area contributed by atoms with Crippen LogP contribution < -0.4 is 19.7 Å². The molecule has 2 aliphatic heterocycles. The number of nitrogens with zero attached hydrogens (tertiary/aromatic N) is 2. The Kier molecular flexibility index (Phi) is 4.57. The zero-order valence-corrected chi connectivity index (χ0v) is 13.8. The van der Waals surface area contributed by atoms with Gasteiger partial charge in [-0.2, -0.15) is 4.72 Å². The fraction of sp³-hybridized carbons (Fsp3) is 0.462. The average molecular weight is 341 g/mol. The molecule has 3 rings (SSSR count). The Morgan fingerprint density at radius 3 is 2.77 bits per heavy atom. The number of anilines is 1. The van der Waals surface area contributed by atoms with Crippen molar-refractivity contribution >= 4 is 34.0 Å². The fourth-order valence-electron chi connectivity index (χ4n) is 2.48. The number of piperazine rings is 1.